The minimum absolute atomic E-state index is 0.0329. The van der Waals surface area contributed by atoms with Gasteiger partial charge in [-0.05, 0) is 24.8 Å². The normalized spacial score (nSPS) is 28.3. The highest BCUT2D eigenvalue weighted by atomic mass is 19.1. The molecule has 26 heavy (non-hydrogen) atoms. The number of carbonyl (C=O) groups excluding carboxylic acids is 1. The first-order valence-electron chi connectivity index (χ1n) is 9.59. The topological polar surface area (TPSA) is 53.0 Å². The van der Waals surface area contributed by atoms with Crippen LogP contribution in [0.5, 0.6) is 0 Å². The Hall–Kier alpha value is -1.50. The number of nitrogens with zero attached hydrogens (tertiary/aromatic N) is 2. The van der Waals surface area contributed by atoms with E-state index in [9.17, 15) is 14.3 Å². The molecule has 1 amide bonds. The van der Waals surface area contributed by atoms with Gasteiger partial charge in [0.05, 0.1) is 18.6 Å². The average molecular weight is 362 g/mol. The van der Waals surface area contributed by atoms with Crippen molar-refractivity contribution < 1.29 is 19.0 Å². The van der Waals surface area contributed by atoms with Crippen LogP contribution in [-0.4, -0.2) is 73.4 Å². The van der Waals surface area contributed by atoms with Crippen LogP contribution >= 0.6 is 0 Å². The van der Waals surface area contributed by atoms with Crippen LogP contribution in [-0.2, 0) is 14.9 Å². The van der Waals surface area contributed by atoms with Crippen molar-refractivity contribution >= 4 is 5.91 Å². The average Bonchev–Trinajstić information content (AvgIpc) is 3.37. The molecule has 142 valence electrons. The summed E-state index contributed by atoms with van der Waals surface area (Å²) in [5.74, 6) is 0.100. The van der Waals surface area contributed by atoms with Crippen molar-refractivity contribution in [2.75, 3.05) is 52.5 Å². The molecule has 0 aromatic heterocycles. The summed E-state index contributed by atoms with van der Waals surface area (Å²) in [6.07, 6.45) is 1.42. The molecule has 0 radical (unpaired) electrons. The Kier molecular flexibility index (Phi) is 4.99. The summed E-state index contributed by atoms with van der Waals surface area (Å²) in [6, 6.07) is 6.64. The second-order valence-corrected chi connectivity index (χ2v) is 7.89. The first kappa shape index (κ1) is 17.9. The van der Waals surface area contributed by atoms with Crippen molar-refractivity contribution in [3.05, 3.63) is 35.6 Å². The van der Waals surface area contributed by atoms with E-state index in [2.05, 4.69) is 4.90 Å². The molecule has 2 aliphatic heterocycles. The van der Waals surface area contributed by atoms with Crippen molar-refractivity contribution in [2.24, 2.45) is 11.8 Å². The third-order valence-corrected chi connectivity index (χ3v) is 6.24. The second-order valence-electron chi connectivity index (χ2n) is 7.89. The lowest BCUT2D eigenvalue weighted by atomic mass is 9.94. The maximum atomic E-state index is 14.3. The predicted octanol–water partition coefficient (Wildman–Crippen LogP) is 1.26. The van der Waals surface area contributed by atoms with Crippen LogP contribution in [0.2, 0.25) is 0 Å². The van der Waals surface area contributed by atoms with Crippen molar-refractivity contribution in [1.29, 1.82) is 0 Å². The number of aliphatic hydroxyl groups is 1. The minimum Gasteiger partial charge on any atom is -0.396 e. The molecule has 3 fully saturated rings. The zero-order valence-corrected chi connectivity index (χ0v) is 15.1. The molecule has 6 heteroatoms. The maximum Gasteiger partial charge on any atom is 0.233 e. The Balaban J connectivity index is 1.46. The van der Waals surface area contributed by atoms with Gasteiger partial charge < -0.3 is 14.7 Å². The smallest absolute Gasteiger partial charge is 0.233 e. The molecule has 3 aliphatic rings. The SMILES string of the molecule is O=C(N1C[C@@H](CO)[C@@H](CN2CCOCC2)C1)C1(c2ccccc2F)CC1. The Morgan fingerprint density at radius 3 is 2.54 bits per heavy atom. The largest absolute Gasteiger partial charge is 0.396 e. The van der Waals surface area contributed by atoms with Crippen LogP contribution in [0.3, 0.4) is 0 Å². The standard InChI is InChI=1S/C20H27FN2O3/c21-18-4-2-1-3-17(18)20(5-6-20)19(25)23-12-15(16(13-23)14-24)11-22-7-9-26-10-8-22/h1-4,15-16,24H,5-14H2/t15-,16-/m0/s1. The van der Waals surface area contributed by atoms with Crippen LogP contribution in [0, 0.1) is 17.7 Å². The Bertz CT molecular complexity index is 658. The fourth-order valence-corrected chi connectivity index (χ4v) is 4.51. The lowest BCUT2D eigenvalue weighted by Gasteiger charge is -2.30. The van der Waals surface area contributed by atoms with Gasteiger partial charge in [-0.1, -0.05) is 18.2 Å². The summed E-state index contributed by atoms with van der Waals surface area (Å²) < 4.78 is 19.7. The van der Waals surface area contributed by atoms with Crippen LogP contribution in [0.25, 0.3) is 0 Å². The number of aliphatic hydroxyl groups excluding tert-OH is 1. The number of ether oxygens (including phenoxy) is 1. The van der Waals surface area contributed by atoms with E-state index in [0.717, 1.165) is 32.8 Å². The van der Waals surface area contributed by atoms with Gasteiger partial charge in [-0.3, -0.25) is 9.69 Å². The third-order valence-electron chi connectivity index (χ3n) is 6.24. The van der Waals surface area contributed by atoms with E-state index in [1.54, 1.807) is 18.2 Å². The second kappa shape index (κ2) is 7.25. The molecule has 1 N–H and O–H groups in total. The summed E-state index contributed by atoms with van der Waals surface area (Å²) >= 11 is 0. The molecule has 0 spiro atoms. The number of carbonyl (C=O) groups is 1. The van der Waals surface area contributed by atoms with E-state index >= 15 is 0 Å². The van der Waals surface area contributed by atoms with E-state index < -0.39 is 5.41 Å². The molecule has 1 saturated carbocycles. The van der Waals surface area contributed by atoms with Crippen molar-refractivity contribution in [1.82, 2.24) is 9.80 Å². The Morgan fingerprint density at radius 2 is 1.88 bits per heavy atom. The van der Waals surface area contributed by atoms with Gasteiger partial charge in [0.15, 0.2) is 0 Å². The highest BCUT2D eigenvalue weighted by Gasteiger charge is 2.55. The van der Waals surface area contributed by atoms with Crippen molar-refractivity contribution in [3.8, 4) is 0 Å². The summed E-state index contributed by atoms with van der Waals surface area (Å²) in [5.41, 5.74) is -0.152. The number of amides is 1. The fourth-order valence-electron chi connectivity index (χ4n) is 4.51. The van der Waals surface area contributed by atoms with Crippen molar-refractivity contribution in [3.63, 3.8) is 0 Å². The lowest BCUT2D eigenvalue weighted by Crippen LogP contribution is -2.42. The van der Waals surface area contributed by atoms with E-state index in [1.165, 1.54) is 6.07 Å². The number of morpholine rings is 1. The maximum absolute atomic E-state index is 14.3. The fraction of sp³-hybridized carbons (Fsp3) is 0.650. The molecule has 4 rings (SSSR count). The van der Waals surface area contributed by atoms with Crippen LogP contribution in [0.4, 0.5) is 4.39 Å². The summed E-state index contributed by atoms with van der Waals surface area (Å²) in [5, 5.41) is 9.80. The predicted molar refractivity (Wildman–Crippen MR) is 95.2 cm³/mol. The number of rotatable bonds is 5. The van der Waals surface area contributed by atoms with E-state index in [0.29, 0.717) is 31.5 Å². The number of halogens is 1. The number of likely N-dealkylation sites (tertiary alicyclic amines) is 1. The minimum atomic E-state index is -0.681. The van der Waals surface area contributed by atoms with Gasteiger partial charge >= 0.3 is 0 Å². The lowest BCUT2D eigenvalue weighted by molar-refractivity contribution is -0.133. The quantitative estimate of drug-likeness (QED) is 0.857. The number of hydrogen-bond acceptors (Lipinski definition) is 4. The molecule has 0 bridgehead atoms. The summed E-state index contributed by atoms with van der Waals surface area (Å²) in [7, 11) is 0. The van der Waals surface area contributed by atoms with E-state index in [4.69, 9.17) is 4.74 Å². The molecule has 2 saturated heterocycles. The van der Waals surface area contributed by atoms with Crippen molar-refractivity contribution in [2.45, 2.75) is 18.3 Å². The monoisotopic (exact) mass is 362 g/mol. The van der Waals surface area contributed by atoms with Gasteiger partial charge in [0, 0.05) is 50.8 Å². The zero-order valence-electron chi connectivity index (χ0n) is 15.1. The highest BCUT2D eigenvalue weighted by molar-refractivity contribution is 5.91. The molecular formula is C20H27FN2O3. The van der Waals surface area contributed by atoms with Gasteiger partial charge in [-0.25, -0.2) is 4.39 Å². The summed E-state index contributed by atoms with van der Waals surface area (Å²) in [6.45, 7) is 5.49. The molecule has 2 atom stereocenters. The first-order valence-corrected chi connectivity index (χ1v) is 9.59. The van der Waals surface area contributed by atoms with Gasteiger partial charge in [0.1, 0.15) is 5.82 Å². The third kappa shape index (κ3) is 3.26. The Morgan fingerprint density at radius 1 is 1.19 bits per heavy atom. The van der Waals surface area contributed by atoms with Gasteiger partial charge in [-0.15, -0.1) is 0 Å². The van der Waals surface area contributed by atoms with Crippen LogP contribution < -0.4 is 0 Å². The van der Waals surface area contributed by atoms with Gasteiger partial charge in [-0.2, -0.15) is 0 Å². The molecular weight excluding hydrogens is 335 g/mol. The van der Waals surface area contributed by atoms with Gasteiger partial charge in [0.25, 0.3) is 0 Å². The van der Waals surface area contributed by atoms with Crippen LogP contribution in [0.1, 0.15) is 18.4 Å². The molecule has 0 unspecified atom stereocenters. The van der Waals surface area contributed by atoms with Gasteiger partial charge in [0.2, 0.25) is 5.91 Å². The van der Waals surface area contributed by atoms with Crippen LogP contribution in [0.15, 0.2) is 24.3 Å². The Labute approximate surface area is 153 Å². The number of benzene rings is 1. The molecule has 1 aromatic carbocycles. The highest BCUT2D eigenvalue weighted by Crippen LogP contribution is 2.51. The zero-order chi connectivity index (χ0) is 18.1. The van der Waals surface area contributed by atoms with E-state index in [-0.39, 0.29) is 30.2 Å². The summed E-state index contributed by atoms with van der Waals surface area (Å²) in [4.78, 5) is 17.4. The number of hydrogen-bond donors (Lipinski definition) is 1. The molecule has 1 aromatic rings. The molecule has 1 aliphatic carbocycles. The first-order chi connectivity index (χ1) is 12.6. The van der Waals surface area contributed by atoms with E-state index in [1.807, 2.05) is 4.90 Å². The molecule has 2 heterocycles. The molecule has 5 nitrogen and oxygen atoms in total.